The molecule has 1 aliphatic heterocycles. The number of hydrogen-bond donors (Lipinski definition) is 0. The summed E-state index contributed by atoms with van der Waals surface area (Å²) in [5.41, 5.74) is 1.71. The Morgan fingerprint density at radius 1 is 1.25 bits per heavy atom. The van der Waals surface area contributed by atoms with Crippen LogP contribution in [0, 0.1) is 3.57 Å². The maximum absolute atomic E-state index is 12.7. The Bertz CT molecular complexity index is 737. The fourth-order valence-electron chi connectivity index (χ4n) is 2.80. The summed E-state index contributed by atoms with van der Waals surface area (Å²) < 4.78 is 2.53. The normalized spacial score (nSPS) is 15.8. The van der Waals surface area contributed by atoms with E-state index in [4.69, 9.17) is 23.2 Å². The summed E-state index contributed by atoms with van der Waals surface area (Å²) in [6.07, 6.45) is 1.71. The van der Waals surface area contributed by atoms with E-state index in [1.54, 1.807) is 24.0 Å². The summed E-state index contributed by atoms with van der Waals surface area (Å²) in [5.74, 6) is 0.0450. The Kier molecular flexibility index (Phi) is 5.69. The number of aryl methyl sites for hydroxylation is 1. The van der Waals surface area contributed by atoms with Gasteiger partial charge in [0.15, 0.2) is 0 Å². The molecule has 2 heterocycles. The maximum Gasteiger partial charge on any atom is 0.273 e. The average Bonchev–Trinajstić information content (AvgIpc) is 2.89. The van der Waals surface area contributed by atoms with Crippen molar-refractivity contribution >= 4 is 51.7 Å². The molecule has 0 radical (unpaired) electrons. The number of carbonyl (C=O) groups is 1. The molecule has 0 atom stereocenters. The summed E-state index contributed by atoms with van der Waals surface area (Å²) in [7, 11) is 1.80. The van der Waals surface area contributed by atoms with E-state index in [-0.39, 0.29) is 5.91 Å². The molecular weight excluding hydrogens is 462 g/mol. The fourth-order valence-corrected chi connectivity index (χ4v) is 3.97. The molecule has 0 unspecified atom stereocenters. The van der Waals surface area contributed by atoms with Gasteiger partial charge in [-0.1, -0.05) is 29.3 Å². The van der Waals surface area contributed by atoms with Gasteiger partial charge in [0.1, 0.15) is 5.69 Å². The van der Waals surface area contributed by atoms with Crippen molar-refractivity contribution in [3.63, 3.8) is 0 Å². The van der Waals surface area contributed by atoms with Crippen LogP contribution in [-0.2, 0) is 13.6 Å². The molecule has 128 valence electrons. The van der Waals surface area contributed by atoms with Crippen molar-refractivity contribution in [2.24, 2.45) is 7.05 Å². The van der Waals surface area contributed by atoms with Crippen LogP contribution in [-0.4, -0.2) is 51.7 Å². The molecule has 24 heavy (non-hydrogen) atoms. The number of amides is 1. The van der Waals surface area contributed by atoms with Crippen LogP contribution in [0.2, 0.25) is 10.0 Å². The van der Waals surface area contributed by atoms with Crippen LogP contribution in [0.4, 0.5) is 0 Å². The summed E-state index contributed by atoms with van der Waals surface area (Å²) >= 11 is 14.3. The lowest BCUT2D eigenvalue weighted by molar-refractivity contribution is 0.0616. The van der Waals surface area contributed by atoms with E-state index >= 15 is 0 Å². The minimum atomic E-state index is 0.0450. The molecule has 0 spiro atoms. The standard InChI is InChI=1S/C16H17Cl2IN4O/c1-21-15(14(19)9-20-21)16(24)23-6-4-22(5-7-23)10-11-2-3-12(17)8-13(11)18/h2-3,8-9H,4-7,10H2,1H3. The third-order valence-corrected chi connectivity index (χ3v) is 5.54. The predicted molar refractivity (Wildman–Crippen MR) is 104 cm³/mol. The van der Waals surface area contributed by atoms with Gasteiger partial charge in [-0.15, -0.1) is 0 Å². The number of halogens is 3. The van der Waals surface area contributed by atoms with Crippen LogP contribution in [0.5, 0.6) is 0 Å². The molecule has 0 N–H and O–H groups in total. The van der Waals surface area contributed by atoms with E-state index in [1.165, 1.54) is 0 Å². The first kappa shape index (κ1) is 18.0. The van der Waals surface area contributed by atoms with Gasteiger partial charge in [-0.3, -0.25) is 14.4 Å². The Hall–Kier alpha value is -0.830. The highest BCUT2D eigenvalue weighted by molar-refractivity contribution is 14.1. The monoisotopic (exact) mass is 478 g/mol. The molecule has 2 aromatic rings. The summed E-state index contributed by atoms with van der Waals surface area (Å²) in [6, 6.07) is 5.58. The summed E-state index contributed by atoms with van der Waals surface area (Å²) in [5, 5.41) is 5.47. The molecule has 1 aromatic carbocycles. The van der Waals surface area contributed by atoms with Gasteiger partial charge in [-0.25, -0.2) is 0 Å². The van der Waals surface area contributed by atoms with E-state index in [1.807, 2.05) is 17.0 Å². The molecule has 1 fully saturated rings. The second-order valence-corrected chi connectivity index (χ2v) is 7.77. The number of hydrogen-bond acceptors (Lipinski definition) is 3. The smallest absolute Gasteiger partial charge is 0.273 e. The molecule has 0 bridgehead atoms. The topological polar surface area (TPSA) is 41.4 Å². The first-order valence-electron chi connectivity index (χ1n) is 7.59. The van der Waals surface area contributed by atoms with E-state index in [0.717, 1.165) is 28.8 Å². The molecule has 8 heteroatoms. The minimum absolute atomic E-state index is 0.0450. The molecule has 1 amide bonds. The lowest BCUT2D eigenvalue weighted by Crippen LogP contribution is -2.48. The van der Waals surface area contributed by atoms with Crippen molar-refractivity contribution in [2.75, 3.05) is 26.2 Å². The number of benzene rings is 1. The summed E-state index contributed by atoms with van der Waals surface area (Å²) in [4.78, 5) is 16.9. The zero-order valence-corrected chi connectivity index (χ0v) is 16.8. The van der Waals surface area contributed by atoms with Crippen LogP contribution >= 0.6 is 45.8 Å². The Balaban J connectivity index is 1.60. The van der Waals surface area contributed by atoms with E-state index < -0.39 is 0 Å². The van der Waals surface area contributed by atoms with Crippen LogP contribution in [0.15, 0.2) is 24.4 Å². The lowest BCUT2D eigenvalue weighted by atomic mass is 10.2. The Labute approximate surface area is 164 Å². The van der Waals surface area contributed by atoms with Crippen molar-refractivity contribution in [1.29, 1.82) is 0 Å². The van der Waals surface area contributed by atoms with Gasteiger partial charge in [0, 0.05) is 49.8 Å². The molecule has 1 aromatic heterocycles. The van der Waals surface area contributed by atoms with E-state index in [9.17, 15) is 4.79 Å². The molecule has 0 aliphatic carbocycles. The maximum atomic E-state index is 12.7. The number of piperazine rings is 1. The zero-order valence-electron chi connectivity index (χ0n) is 13.2. The lowest BCUT2D eigenvalue weighted by Gasteiger charge is -2.34. The van der Waals surface area contributed by atoms with Crippen molar-refractivity contribution in [3.8, 4) is 0 Å². The number of rotatable bonds is 3. The van der Waals surface area contributed by atoms with Crippen molar-refractivity contribution in [2.45, 2.75) is 6.54 Å². The Morgan fingerprint density at radius 3 is 2.54 bits per heavy atom. The van der Waals surface area contributed by atoms with Gasteiger partial charge < -0.3 is 4.90 Å². The summed E-state index contributed by atoms with van der Waals surface area (Å²) in [6.45, 7) is 3.80. The third-order valence-electron chi connectivity index (χ3n) is 4.17. The highest BCUT2D eigenvalue weighted by Gasteiger charge is 2.26. The average molecular weight is 479 g/mol. The van der Waals surface area contributed by atoms with Crippen molar-refractivity contribution in [3.05, 3.63) is 49.3 Å². The second kappa shape index (κ2) is 7.59. The fraction of sp³-hybridized carbons (Fsp3) is 0.375. The third kappa shape index (κ3) is 3.87. The van der Waals surface area contributed by atoms with Crippen LogP contribution in [0.25, 0.3) is 0 Å². The number of nitrogens with zero attached hydrogens (tertiary/aromatic N) is 4. The number of carbonyl (C=O) groups excluding carboxylic acids is 1. The van der Waals surface area contributed by atoms with Gasteiger partial charge in [0.25, 0.3) is 5.91 Å². The first-order chi connectivity index (χ1) is 11.5. The highest BCUT2D eigenvalue weighted by atomic mass is 127. The second-order valence-electron chi connectivity index (χ2n) is 5.77. The van der Waals surface area contributed by atoms with E-state index in [2.05, 4.69) is 32.6 Å². The SMILES string of the molecule is Cn1ncc(I)c1C(=O)N1CCN(Cc2ccc(Cl)cc2Cl)CC1. The van der Waals surface area contributed by atoms with Crippen molar-refractivity contribution in [1.82, 2.24) is 19.6 Å². The van der Waals surface area contributed by atoms with Gasteiger partial charge in [-0.2, -0.15) is 5.10 Å². The zero-order chi connectivity index (χ0) is 17.3. The van der Waals surface area contributed by atoms with Crippen LogP contribution < -0.4 is 0 Å². The van der Waals surface area contributed by atoms with E-state index in [0.29, 0.717) is 28.8 Å². The van der Waals surface area contributed by atoms with Gasteiger partial charge in [-0.05, 0) is 40.3 Å². The molecule has 1 saturated heterocycles. The Morgan fingerprint density at radius 2 is 1.96 bits per heavy atom. The highest BCUT2D eigenvalue weighted by Crippen LogP contribution is 2.23. The van der Waals surface area contributed by atoms with Gasteiger partial charge in [0.05, 0.1) is 9.77 Å². The van der Waals surface area contributed by atoms with Crippen LogP contribution in [0.1, 0.15) is 16.1 Å². The van der Waals surface area contributed by atoms with Crippen LogP contribution in [0.3, 0.4) is 0 Å². The first-order valence-corrected chi connectivity index (χ1v) is 9.42. The molecule has 1 aliphatic rings. The minimum Gasteiger partial charge on any atom is -0.335 e. The largest absolute Gasteiger partial charge is 0.335 e. The quantitative estimate of drug-likeness (QED) is 0.635. The molecule has 5 nitrogen and oxygen atoms in total. The molecular formula is C16H17Cl2IN4O. The predicted octanol–water partition coefficient (Wildman–Crippen LogP) is 3.29. The van der Waals surface area contributed by atoms with Gasteiger partial charge >= 0.3 is 0 Å². The number of aromatic nitrogens is 2. The van der Waals surface area contributed by atoms with Gasteiger partial charge in [0.2, 0.25) is 0 Å². The molecule has 3 rings (SSSR count). The molecule has 0 saturated carbocycles. The van der Waals surface area contributed by atoms with Crippen molar-refractivity contribution < 1.29 is 4.79 Å².